The first kappa shape index (κ1) is 30.1. The molecule has 1 saturated heterocycles. The lowest BCUT2D eigenvalue weighted by Crippen LogP contribution is -2.53. The number of carbonyl (C=O) groups is 1. The van der Waals surface area contributed by atoms with Crippen molar-refractivity contribution in [3.8, 4) is 5.75 Å². The first-order chi connectivity index (χ1) is 16.7. The molecule has 4 atom stereocenters. The Labute approximate surface area is 226 Å². The molecule has 0 aliphatic carbocycles. The van der Waals surface area contributed by atoms with E-state index in [2.05, 4.69) is 74.7 Å². The van der Waals surface area contributed by atoms with Gasteiger partial charge in [0, 0.05) is 13.8 Å². The highest BCUT2D eigenvalue weighted by Crippen LogP contribution is 2.44. The Bertz CT molecular complexity index is 1030. The number of carbonyl (C=O) groups excluding carboxylic acids is 1. The van der Waals surface area contributed by atoms with E-state index in [1.807, 2.05) is 24.3 Å². The second kappa shape index (κ2) is 9.94. The Morgan fingerprint density at radius 1 is 0.892 bits per heavy atom. The zero-order chi connectivity index (χ0) is 28.2. The molecule has 0 unspecified atom stereocenters. The van der Waals surface area contributed by atoms with E-state index < -0.39 is 22.4 Å². The average Bonchev–Trinajstić information content (AvgIpc) is 2.97. The number of benzene rings is 1. The largest absolute Gasteiger partial charge is 0.452 e. The highest BCUT2D eigenvalue weighted by Gasteiger charge is 2.51. The molecular formula is C29H48O6Si2. The predicted molar refractivity (Wildman–Crippen MR) is 154 cm³/mol. The monoisotopic (exact) mass is 548 g/mol. The molecule has 2 heterocycles. The fourth-order valence-corrected chi connectivity index (χ4v) is 6.75. The SMILES string of the molecule is C[C@@H]1O[C@H](/C=C/c2cccc3c2C(=O)OC(C)(C)O3)[C@@H](O[Si](C)(C)C(C)(C)C)[C@H]1O[Si](C)(C)C(C)(C)C. The van der Waals surface area contributed by atoms with Crippen LogP contribution in [0.25, 0.3) is 6.08 Å². The maximum Gasteiger partial charge on any atom is 0.345 e. The Balaban J connectivity index is 1.98. The number of fused-ring (bicyclic) bond motifs is 1. The molecule has 1 aromatic rings. The van der Waals surface area contributed by atoms with Crippen LogP contribution < -0.4 is 4.74 Å². The number of ether oxygens (including phenoxy) is 3. The molecule has 1 aromatic carbocycles. The van der Waals surface area contributed by atoms with Gasteiger partial charge in [-0.3, -0.25) is 0 Å². The summed E-state index contributed by atoms with van der Waals surface area (Å²) in [4.78, 5) is 12.8. The molecule has 208 valence electrons. The summed E-state index contributed by atoms with van der Waals surface area (Å²) in [6.07, 6.45) is 3.07. The van der Waals surface area contributed by atoms with Crippen molar-refractivity contribution in [3.05, 3.63) is 35.4 Å². The Morgan fingerprint density at radius 3 is 1.97 bits per heavy atom. The van der Waals surface area contributed by atoms with E-state index in [-0.39, 0.29) is 40.5 Å². The predicted octanol–water partition coefficient (Wildman–Crippen LogP) is 7.55. The smallest absolute Gasteiger partial charge is 0.345 e. The van der Waals surface area contributed by atoms with E-state index in [9.17, 15) is 4.79 Å². The lowest BCUT2D eigenvalue weighted by molar-refractivity contribution is -0.127. The van der Waals surface area contributed by atoms with Crippen LogP contribution in [0.1, 0.15) is 78.2 Å². The first-order valence-electron chi connectivity index (χ1n) is 13.4. The molecule has 0 bridgehead atoms. The highest BCUT2D eigenvalue weighted by molar-refractivity contribution is 6.74. The van der Waals surface area contributed by atoms with Crippen molar-refractivity contribution in [1.82, 2.24) is 0 Å². The summed E-state index contributed by atoms with van der Waals surface area (Å²) in [5, 5.41) is 0.112. The summed E-state index contributed by atoms with van der Waals surface area (Å²) in [6, 6.07) is 5.58. The van der Waals surface area contributed by atoms with Crippen LogP contribution in [0.4, 0.5) is 0 Å². The molecule has 6 nitrogen and oxygen atoms in total. The molecule has 1 fully saturated rings. The van der Waals surface area contributed by atoms with Gasteiger partial charge in [-0.25, -0.2) is 4.79 Å². The summed E-state index contributed by atoms with van der Waals surface area (Å²) < 4.78 is 31.8. The molecule has 0 aromatic heterocycles. The second-order valence-electron chi connectivity index (χ2n) is 14.0. The van der Waals surface area contributed by atoms with Crippen LogP contribution in [-0.2, 0) is 18.3 Å². The third-order valence-electron chi connectivity index (χ3n) is 8.38. The molecule has 0 N–H and O–H groups in total. The van der Waals surface area contributed by atoms with Crippen molar-refractivity contribution in [3.63, 3.8) is 0 Å². The Morgan fingerprint density at radius 2 is 1.43 bits per heavy atom. The van der Waals surface area contributed by atoms with Gasteiger partial charge in [0.2, 0.25) is 5.79 Å². The van der Waals surface area contributed by atoms with Crippen molar-refractivity contribution in [2.24, 2.45) is 0 Å². The fourth-order valence-electron chi connectivity index (χ4n) is 4.09. The van der Waals surface area contributed by atoms with Crippen molar-refractivity contribution in [2.75, 3.05) is 0 Å². The number of rotatable bonds is 6. The first-order valence-corrected chi connectivity index (χ1v) is 19.2. The summed E-state index contributed by atoms with van der Waals surface area (Å²) in [6.45, 7) is 28.1. The van der Waals surface area contributed by atoms with Crippen molar-refractivity contribution in [2.45, 2.75) is 129 Å². The fraction of sp³-hybridized carbons (Fsp3) is 0.690. The number of hydrogen-bond donors (Lipinski definition) is 0. The number of hydrogen-bond acceptors (Lipinski definition) is 6. The van der Waals surface area contributed by atoms with Crippen LogP contribution in [0.5, 0.6) is 5.75 Å². The van der Waals surface area contributed by atoms with Gasteiger partial charge in [0.05, 0.1) is 12.2 Å². The lowest BCUT2D eigenvalue weighted by atomic mass is 10.0. The standard InChI is InChI=1S/C29H48O6Si2/c1-19-24(34-36(10,11)27(2,3)4)25(35-37(12,13)28(5,6)7)22(31-19)18-17-20-15-14-16-21-23(20)26(30)33-29(8,9)32-21/h14-19,22,24-25H,1-13H3/b18-17+/t19-,22+,24-,25+/m0/s1. The van der Waals surface area contributed by atoms with Gasteiger partial charge in [-0.1, -0.05) is 65.8 Å². The van der Waals surface area contributed by atoms with E-state index >= 15 is 0 Å². The second-order valence-corrected chi connectivity index (χ2v) is 23.5. The zero-order valence-corrected chi connectivity index (χ0v) is 27.1. The molecule has 3 rings (SSSR count). The third-order valence-corrected chi connectivity index (χ3v) is 17.3. The van der Waals surface area contributed by atoms with E-state index in [1.54, 1.807) is 19.9 Å². The molecule has 8 heteroatoms. The summed E-state index contributed by atoms with van der Waals surface area (Å²) in [5.74, 6) is -0.856. The maximum absolute atomic E-state index is 12.8. The van der Waals surface area contributed by atoms with Crippen LogP contribution in [0.3, 0.4) is 0 Å². The summed E-state index contributed by atoms with van der Waals surface area (Å²) in [5.41, 5.74) is 1.16. The van der Waals surface area contributed by atoms with Gasteiger partial charge in [0.25, 0.3) is 0 Å². The minimum Gasteiger partial charge on any atom is -0.452 e. The quantitative estimate of drug-likeness (QED) is 0.270. The number of cyclic esters (lactones) is 1. The van der Waals surface area contributed by atoms with Gasteiger partial charge in [-0.2, -0.15) is 0 Å². The average molecular weight is 549 g/mol. The topological polar surface area (TPSA) is 63.2 Å². The third kappa shape index (κ3) is 6.41. The normalized spacial score (nSPS) is 26.7. The minimum absolute atomic E-state index is 0.0427. The minimum atomic E-state index is -2.14. The molecule has 2 aliphatic heterocycles. The lowest BCUT2D eigenvalue weighted by Gasteiger charge is -2.43. The van der Waals surface area contributed by atoms with Crippen LogP contribution in [0.2, 0.25) is 36.3 Å². The number of esters is 1. The van der Waals surface area contributed by atoms with E-state index in [0.717, 1.165) is 5.56 Å². The van der Waals surface area contributed by atoms with Gasteiger partial charge >= 0.3 is 5.97 Å². The van der Waals surface area contributed by atoms with Gasteiger partial charge in [0.15, 0.2) is 16.6 Å². The molecule has 0 amide bonds. The molecular weight excluding hydrogens is 500 g/mol. The van der Waals surface area contributed by atoms with E-state index in [4.69, 9.17) is 23.1 Å². The Kier molecular flexibility index (Phi) is 8.08. The van der Waals surface area contributed by atoms with Gasteiger partial charge in [0.1, 0.15) is 23.5 Å². The van der Waals surface area contributed by atoms with E-state index in [1.165, 1.54) is 0 Å². The molecule has 0 spiro atoms. The van der Waals surface area contributed by atoms with Crippen LogP contribution in [0, 0.1) is 0 Å². The van der Waals surface area contributed by atoms with Crippen molar-refractivity contribution < 1.29 is 27.9 Å². The maximum atomic E-state index is 12.8. The molecule has 2 aliphatic rings. The van der Waals surface area contributed by atoms with Crippen LogP contribution in [-0.4, -0.2) is 52.8 Å². The van der Waals surface area contributed by atoms with Crippen LogP contribution in [0.15, 0.2) is 24.3 Å². The Hall–Kier alpha value is -1.46. The highest BCUT2D eigenvalue weighted by atomic mass is 28.4. The van der Waals surface area contributed by atoms with Gasteiger partial charge in [-0.05, 0) is 54.8 Å². The van der Waals surface area contributed by atoms with Crippen molar-refractivity contribution >= 4 is 28.7 Å². The zero-order valence-electron chi connectivity index (χ0n) is 25.1. The molecule has 0 radical (unpaired) electrons. The summed E-state index contributed by atoms with van der Waals surface area (Å²) >= 11 is 0. The van der Waals surface area contributed by atoms with Gasteiger partial charge < -0.3 is 23.1 Å². The van der Waals surface area contributed by atoms with E-state index in [0.29, 0.717) is 11.3 Å². The van der Waals surface area contributed by atoms with Crippen LogP contribution >= 0.6 is 0 Å². The molecule has 0 saturated carbocycles. The van der Waals surface area contributed by atoms with Gasteiger partial charge in [-0.15, -0.1) is 0 Å². The molecule has 37 heavy (non-hydrogen) atoms. The summed E-state index contributed by atoms with van der Waals surface area (Å²) in [7, 11) is -4.22. The van der Waals surface area contributed by atoms with Crippen molar-refractivity contribution in [1.29, 1.82) is 0 Å².